The number of halogens is 1. The maximum absolute atomic E-state index is 14.0. The number of benzene rings is 1. The van der Waals surface area contributed by atoms with Crippen LogP contribution < -0.4 is 5.32 Å². The number of rotatable bonds is 3. The van der Waals surface area contributed by atoms with Crippen molar-refractivity contribution < 1.29 is 4.39 Å². The summed E-state index contributed by atoms with van der Waals surface area (Å²) in [6.07, 6.45) is 3.38. The molecule has 0 atom stereocenters. The van der Waals surface area contributed by atoms with Crippen LogP contribution in [-0.4, -0.2) is 16.6 Å². The fourth-order valence-corrected chi connectivity index (χ4v) is 2.78. The van der Waals surface area contributed by atoms with Crippen molar-refractivity contribution in [3.05, 3.63) is 41.5 Å². The normalized spacial score (nSPS) is 14.4. The van der Waals surface area contributed by atoms with Crippen LogP contribution in [0, 0.1) is 5.82 Å². The molecule has 1 aromatic carbocycles. The molecule has 0 saturated carbocycles. The van der Waals surface area contributed by atoms with E-state index < -0.39 is 0 Å². The van der Waals surface area contributed by atoms with Crippen molar-refractivity contribution in [2.24, 2.45) is 0 Å². The molecule has 4 heteroatoms. The summed E-state index contributed by atoms with van der Waals surface area (Å²) in [6.45, 7) is 1.68. The smallest absolute Gasteiger partial charge is 0.143 e. The Bertz CT molecular complexity index is 589. The molecule has 3 rings (SSSR count). The van der Waals surface area contributed by atoms with Gasteiger partial charge in [-0.05, 0) is 38.4 Å². The van der Waals surface area contributed by atoms with Gasteiger partial charge in [0.25, 0.3) is 0 Å². The number of nitrogens with zero attached hydrogens (tertiary/aromatic N) is 2. The van der Waals surface area contributed by atoms with E-state index in [2.05, 4.69) is 14.9 Å². The number of hydrogen-bond donors (Lipinski definition) is 1. The number of hydrogen-bond acceptors (Lipinski definition) is 2. The van der Waals surface area contributed by atoms with Crippen LogP contribution in [0.5, 0.6) is 0 Å². The van der Waals surface area contributed by atoms with E-state index in [-0.39, 0.29) is 5.82 Å². The van der Waals surface area contributed by atoms with E-state index in [1.54, 1.807) is 6.07 Å². The first-order chi connectivity index (χ1) is 9.31. The first-order valence-corrected chi connectivity index (χ1v) is 6.79. The molecule has 0 saturated heterocycles. The van der Waals surface area contributed by atoms with Gasteiger partial charge in [-0.3, -0.25) is 0 Å². The molecule has 2 heterocycles. The van der Waals surface area contributed by atoms with Crippen LogP contribution in [0.1, 0.15) is 24.2 Å². The average Bonchev–Trinajstić information content (AvgIpc) is 2.79. The second-order valence-electron chi connectivity index (χ2n) is 4.95. The minimum absolute atomic E-state index is 0.197. The maximum Gasteiger partial charge on any atom is 0.143 e. The fraction of sp³-hybridized carbons (Fsp3) is 0.400. The summed E-state index contributed by atoms with van der Waals surface area (Å²) in [5, 5.41) is 3.14. The lowest BCUT2D eigenvalue weighted by molar-refractivity contribution is 0.530. The molecule has 100 valence electrons. The average molecular weight is 259 g/mol. The Morgan fingerprint density at radius 1 is 1.32 bits per heavy atom. The third-order valence-electron chi connectivity index (χ3n) is 3.66. The van der Waals surface area contributed by atoms with Crippen molar-refractivity contribution in [2.45, 2.75) is 32.4 Å². The van der Waals surface area contributed by atoms with Crippen molar-refractivity contribution in [1.29, 1.82) is 0 Å². The van der Waals surface area contributed by atoms with Crippen LogP contribution in [0.3, 0.4) is 0 Å². The van der Waals surface area contributed by atoms with E-state index >= 15 is 0 Å². The SMILES string of the molecule is CNCc1nc(-c2ccccc2F)n2c1CCCC2. The zero-order valence-corrected chi connectivity index (χ0v) is 11.1. The van der Waals surface area contributed by atoms with E-state index in [1.807, 2.05) is 19.2 Å². The van der Waals surface area contributed by atoms with Crippen molar-refractivity contribution in [1.82, 2.24) is 14.9 Å². The quantitative estimate of drug-likeness (QED) is 0.918. The standard InChI is InChI=1S/C15H18FN3/c1-17-10-13-14-8-4-5-9-19(14)15(18-13)11-6-2-3-7-12(11)16/h2-3,6-7,17H,4-5,8-10H2,1H3. The molecule has 1 N–H and O–H groups in total. The third kappa shape index (κ3) is 2.16. The Balaban J connectivity index is 2.13. The summed E-state index contributed by atoms with van der Waals surface area (Å²) in [6, 6.07) is 6.88. The molecule has 2 aromatic rings. The largest absolute Gasteiger partial charge is 0.328 e. The van der Waals surface area contributed by atoms with Gasteiger partial charge in [0.05, 0.1) is 11.3 Å². The van der Waals surface area contributed by atoms with Gasteiger partial charge >= 0.3 is 0 Å². The second kappa shape index (κ2) is 5.13. The van der Waals surface area contributed by atoms with Crippen LogP contribution in [0.15, 0.2) is 24.3 Å². The summed E-state index contributed by atoms with van der Waals surface area (Å²) in [4.78, 5) is 4.67. The molecule has 0 amide bonds. The molecule has 0 spiro atoms. The van der Waals surface area contributed by atoms with Crippen LogP contribution in [-0.2, 0) is 19.5 Å². The van der Waals surface area contributed by atoms with Gasteiger partial charge < -0.3 is 9.88 Å². The van der Waals surface area contributed by atoms with E-state index in [1.165, 1.54) is 18.2 Å². The molecule has 0 aliphatic carbocycles. The van der Waals surface area contributed by atoms with Gasteiger partial charge in [0.1, 0.15) is 11.6 Å². The van der Waals surface area contributed by atoms with Crippen LogP contribution in [0.2, 0.25) is 0 Å². The third-order valence-corrected chi connectivity index (χ3v) is 3.66. The first-order valence-electron chi connectivity index (χ1n) is 6.79. The highest BCUT2D eigenvalue weighted by atomic mass is 19.1. The van der Waals surface area contributed by atoms with Crippen molar-refractivity contribution in [2.75, 3.05) is 7.05 Å². The van der Waals surface area contributed by atoms with Gasteiger partial charge in [0, 0.05) is 18.8 Å². The van der Waals surface area contributed by atoms with Gasteiger partial charge in [0.15, 0.2) is 0 Å². The van der Waals surface area contributed by atoms with Crippen LogP contribution >= 0.6 is 0 Å². The van der Waals surface area contributed by atoms with Crippen LogP contribution in [0.4, 0.5) is 4.39 Å². The molecule has 19 heavy (non-hydrogen) atoms. The lowest BCUT2D eigenvalue weighted by Gasteiger charge is -2.17. The molecule has 0 fully saturated rings. The number of fused-ring (bicyclic) bond motifs is 1. The van der Waals surface area contributed by atoms with Crippen molar-refractivity contribution >= 4 is 0 Å². The van der Waals surface area contributed by atoms with Gasteiger partial charge in [0.2, 0.25) is 0 Å². The number of nitrogens with one attached hydrogen (secondary N) is 1. The Kier molecular flexibility index (Phi) is 3.34. The fourth-order valence-electron chi connectivity index (χ4n) is 2.78. The van der Waals surface area contributed by atoms with Gasteiger partial charge in [-0.1, -0.05) is 12.1 Å². The summed E-state index contributed by atoms with van der Waals surface area (Å²) in [5.41, 5.74) is 2.92. The Morgan fingerprint density at radius 3 is 2.95 bits per heavy atom. The monoisotopic (exact) mass is 259 g/mol. The molecule has 1 aliphatic rings. The number of aromatic nitrogens is 2. The molecule has 3 nitrogen and oxygen atoms in total. The van der Waals surface area contributed by atoms with Gasteiger partial charge in [-0.25, -0.2) is 9.37 Å². The molecule has 0 unspecified atom stereocenters. The predicted molar refractivity (Wildman–Crippen MR) is 73.3 cm³/mol. The highest BCUT2D eigenvalue weighted by molar-refractivity contribution is 5.58. The zero-order chi connectivity index (χ0) is 13.2. The van der Waals surface area contributed by atoms with E-state index in [9.17, 15) is 4.39 Å². The lowest BCUT2D eigenvalue weighted by atomic mass is 10.1. The molecule has 0 bridgehead atoms. The minimum Gasteiger partial charge on any atom is -0.328 e. The molecule has 0 radical (unpaired) electrons. The maximum atomic E-state index is 14.0. The summed E-state index contributed by atoms with van der Waals surface area (Å²) < 4.78 is 16.2. The summed E-state index contributed by atoms with van der Waals surface area (Å²) in [5.74, 6) is 0.579. The van der Waals surface area contributed by atoms with E-state index in [0.717, 1.165) is 37.4 Å². The molecular weight excluding hydrogens is 241 g/mol. The van der Waals surface area contributed by atoms with Crippen molar-refractivity contribution in [3.63, 3.8) is 0 Å². The lowest BCUT2D eigenvalue weighted by Crippen LogP contribution is -2.14. The minimum atomic E-state index is -0.197. The topological polar surface area (TPSA) is 29.9 Å². The van der Waals surface area contributed by atoms with Crippen LogP contribution in [0.25, 0.3) is 11.4 Å². The Labute approximate surface area is 112 Å². The summed E-state index contributed by atoms with van der Waals surface area (Å²) in [7, 11) is 1.91. The van der Waals surface area contributed by atoms with Crippen molar-refractivity contribution in [3.8, 4) is 11.4 Å². The molecular formula is C15H18FN3. The highest BCUT2D eigenvalue weighted by Crippen LogP contribution is 2.28. The first kappa shape index (κ1) is 12.4. The molecule has 1 aromatic heterocycles. The van der Waals surface area contributed by atoms with Gasteiger partial charge in [-0.15, -0.1) is 0 Å². The van der Waals surface area contributed by atoms with E-state index in [0.29, 0.717) is 5.56 Å². The summed E-state index contributed by atoms with van der Waals surface area (Å²) >= 11 is 0. The second-order valence-corrected chi connectivity index (χ2v) is 4.95. The zero-order valence-electron chi connectivity index (χ0n) is 11.1. The van der Waals surface area contributed by atoms with Gasteiger partial charge in [-0.2, -0.15) is 0 Å². The predicted octanol–water partition coefficient (Wildman–Crippen LogP) is 2.74. The Hall–Kier alpha value is -1.68. The Morgan fingerprint density at radius 2 is 2.16 bits per heavy atom. The van der Waals surface area contributed by atoms with E-state index in [4.69, 9.17) is 0 Å². The molecule has 1 aliphatic heterocycles. The highest BCUT2D eigenvalue weighted by Gasteiger charge is 2.21. The number of imidazole rings is 1.